The van der Waals surface area contributed by atoms with Gasteiger partial charge in [0.1, 0.15) is 34.7 Å². The molecule has 2 unspecified atom stereocenters. The molecule has 0 saturated carbocycles. The molecule has 12 nitrogen and oxygen atoms in total. The first-order valence-electron chi connectivity index (χ1n) is 10.4. The lowest BCUT2D eigenvalue weighted by Gasteiger charge is -2.26. The molecule has 35 heavy (non-hydrogen) atoms. The number of carbonyl (C=O) groups excluding carboxylic acids is 1. The summed E-state index contributed by atoms with van der Waals surface area (Å²) in [6.07, 6.45) is -4.94. The number of phenols is 3. The fraction of sp³-hybridized carbons (Fsp3) is 0.348. The lowest BCUT2D eigenvalue weighted by molar-refractivity contribution is -0.165. The van der Waals surface area contributed by atoms with Gasteiger partial charge in [-0.1, -0.05) is 12.1 Å². The first kappa shape index (κ1) is 29.2. The number of rotatable bonds is 6. The lowest BCUT2D eigenvalue weighted by atomic mass is 9.95. The van der Waals surface area contributed by atoms with Crippen molar-refractivity contribution < 1.29 is 59.6 Å². The molecule has 1 aliphatic rings. The lowest BCUT2D eigenvalue weighted by Crippen LogP contribution is -2.39. The number of Topliss-reactive ketones (excluding diaryl/α,β-unsaturated/α-hetero) is 1. The van der Waals surface area contributed by atoms with Gasteiger partial charge in [0.25, 0.3) is 0 Å². The topological polar surface area (TPSA) is 211 Å². The van der Waals surface area contributed by atoms with Crippen molar-refractivity contribution in [3.63, 3.8) is 0 Å². The van der Waals surface area contributed by atoms with Crippen molar-refractivity contribution in [2.75, 3.05) is 13.2 Å². The Kier molecular flexibility index (Phi) is 11.5. The molecule has 7 N–H and O–H groups in total. The summed E-state index contributed by atoms with van der Waals surface area (Å²) in [6.45, 7) is 5.67. The molecule has 3 rings (SSSR count). The van der Waals surface area contributed by atoms with Crippen molar-refractivity contribution in [1.29, 1.82) is 0 Å². The summed E-state index contributed by atoms with van der Waals surface area (Å²) in [5.41, 5.74) is 0.836. The van der Waals surface area contributed by atoms with Crippen LogP contribution in [0.2, 0.25) is 0 Å². The van der Waals surface area contributed by atoms with Crippen LogP contribution in [0.15, 0.2) is 36.4 Å². The molecular formula is C23H28O12. The van der Waals surface area contributed by atoms with E-state index < -0.39 is 30.3 Å². The molecule has 0 bridgehead atoms. The number of hydrogen-bond donors (Lipinski definition) is 7. The molecule has 0 saturated heterocycles. The Morgan fingerprint density at radius 2 is 1.46 bits per heavy atom. The van der Waals surface area contributed by atoms with E-state index in [1.807, 2.05) is 13.8 Å². The van der Waals surface area contributed by atoms with Crippen molar-refractivity contribution in [1.82, 2.24) is 0 Å². The van der Waals surface area contributed by atoms with Gasteiger partial charge in [0, 0.05) is 25.3 Å². The highest BCUT2D eigenvalue weighted by Crippen LogP contribution is 2.41. The summed E-state index contributed by atoms with van der Waals surface area (Å²) in [5.74, 6) is -3.94. The second-order valence-electron chi connectivity index (χ2n) is 7.01. The van der Waals surface area contributed by atoms with E-state index in [4.69, 9.17) is 29.9 Å². The Balaban J connectivity index is 0.000000343. The first-order valence-corrected chi connectivity index (χ1v) is 10.4. The number of aliphatic hydroxyl groups is 2. The van der Waals surface area contributed by atoms with Crippen LogP contribution in [0.5, 0.6) is 23.0 Å². The van der Waals surface area contributed by atoms with Gasteiger partial charge in [-0.05, 0) is 31.5 Å². The van der Waals surface area contributed by atoms with Crippen LogP contribution in [-0.2, 0) is 14.3 Å². The van der Waals surface area contributed by atoms with Gasteiger partial charge in [0.05, 0.1) is 6.42 Å². The van der Waals surface area contributed by atoms with Gasteiger partial charge in [-0.15, -0.1) is 0 Å². The average molecular weight is 496 g/mol. The van der Waals surface area contributed by atoms with E-state index in [9.17, 15) is 29.7 Å². The number of aliphatic carboxylic acids is 2. The van der Waals surface area contributed by atoms with Gasteiger partial charge in [0.15, 0.2) is 18.0 Å². The van der Waals surface area contributed by atoms with Gasteiger partial charge in [0.2, 0.25) is 0 Å². The molecule has 3 atom stereocenters. The number of carboxylic acids is 2. The Labute approximate surface area is 200 Å². The monoisotopic (exact) mass is 496 g/mol. The minimum Gasteiger partial charge on any atom is -0.508 e. The van der Waals surface area contributed by atoms with Crippen molar-refractivity contribution in [3.05, 3.63) is 47.5 Å². The number of phenolic OH excluding ortho intramolecular Hbond substituents is 3. The molecule has 0 radical (unpaired) electrons. The van der Waals surface area contributed by atoms with Crippen LogP contribution in [-0.4, -0.2) is 78.9 Å². The highest BCUT2D eigenvalue weighted by molar-refractivity contribution is 6.02. The quantitative estimate of drug-likeness (QED) is 0.303. The second kappa shape index (κ2) is 13.7. The molecule has 0 aliphatic carbocycles. The summed E-state index contributed by atoms with van der Waals surface area (Å²) in [7, 11) is 0. The van der Waals surface area contributed by atoms with Crippen LogP contribution in [0.3, 0.4) is 0 Å². The van der Waals surface area contributed by atoms with Crippen molar-refractivity contribution in [2.24, 2.45) is 0 Å². The zero-order chi connectivity index (χ0) is 26.7. The summed E-state index contributed by atoms with van der Waals surface area (Å²) in [6, 6.07) is 8.78. The molecule has 0 spiro atoms. The fourth-order valence-electron chi connectivity index (χ4n) is 2.77. The summed E-state index contributed by atoms with van der Waals surface area (Å²) in [5, 5.41) is 61.0. The third-order valence-corrected chi connectivity index (χ3v) is 4.46. The Morgan fingerprint density at radius 1 is 0.943 bits per heavy atom. The molecule has 0 aromatic heterocycles. The molecule has 192 valence electrons. The van der Waals surface area contributed by atoms with Gasteiger partial charge >= 0.3 is 11.9 Å². The highest BCUT2D eigenvalue weighted by atomic mass is 16.5. The first-order chi connectivity index (χ1) is 16.4. The largest absolute Gasteiger partial charge is 0.508 e. The Hall–Kier alpha value is -3.87. The van der Waals surface area contributed by atoms with Crippen LogP contribution < -0.4 is 4.74 Å². The number of benzene rings is 2. The summed E-state index contributed by atoms with van der Waals surface area (Å²) >= 11 is 0. The number of fused-ring (bicyclic) bond motifs is 1. The van der Waals surface area contributed by atoms with Crippen LogP contribution in [0.4, 0.5) is 0 Å². The number of aromatic hydroxyl groups is 3. The van der Waals surface area contributed by atoms with E-state index in [1.165, 1.54) is 18.2 Å². The molecular weight excluding hydrogens is 468 g/mol. The van der Waals surface area contributed by atoms with Gasteiger partial charge < -0.3 is 45.2 Å². The molecule has 1 heterocycles. The second-order valence-corrected chi connectivity index (χ2v) is 7.01. The zero-order valence-electron chi connectivity index (χ0n) is 19.0. The number of hydrogen-bond acceptors (Lipinski definition) is 10. The molecule has 0 amide bonds. The van der Waals surface area contributed by atoms with Crippen molar-refractivity contribution >= 4 is 17.7 Å². The van der Waals surface area contributed by atoms with E-state index >= 15 is 0 Å². The molecule has 0 fully saturated rings. The van der Waals surface area contributed by atoms with E-state index in [0.29, 0.717) is 0 Å². The van der Waals surface area contributed by atoms with E-state index in [2.05, 4.69) is 0 Å². The number of carboxylic acid groups (broad SMARTS) is 2. The average Bonchev–Trinajstić information content (AvgIpc) is 2.79. The van der Waals surface area contributed by atoms with Crippen LogP contribution in [0.1, 0.15) is 42.3 Å². The van der Waals surface area contributed by atoms with Gasteiger partial charge in [-0.25, -0.2) is 9.59 Å². The van der Waals surface area contributed by atoms with Gasteiger partial charge in [-0.3, -0.25) is 4.79 Å². The minimum absolute atomic E-state index is 0.0934. The van der Waals surface area contributed by atoms with E-state index in [-0.39, 0.29) is 40.8 Å². The summed E-state index contributed by atoms with van der Waals surface area (Å²) in [4.78, 5) is 31.6. The summed E-state index contributed by atoms with van der Waals surface area (Å²) < 4.78 is 10.5. The van der Waals surface area contributed by atoms with Crippen LogP contribution in [0, 0.1) is 0 Å². The third kappa shape index (κ3) is 8.77. The fourth-order valence-corrected chi connectivity index (χ4v) is 2.77. The Morgan fingerprint density at radius 3 is 1.89 bits per heavy atom. The van der Waals surface area contributed by atoms with Crippen molar-refractivity contribution in [3.8, 4) is 23.0 Å². The SMILES string of the molecule is CCOCC.O=C(O)C(O)C(O)C(=O)O.O=C1C[C@@H](c2ccc(O)cc2)Oc2cc(O)cc(O)c21. The van der Waals surface area contributed by atoms with E-state index in [0.717, 1.165) is 24.8 Å². The number of carbonyl (C=O) groups is 3. The van der Waals surface area contributed by atoms with Gasteiger partial charge in [-0.2, -0.15) is 0 Å². The molecule has 2 aromatic carbocycles. The molecule has 2 aromatic rings. The maximum atomic E-state index is 12.1. The number of aliphatic hydroxyl groups excluding tert-OH is 2. The third-order valence-electron chi connectivity index (χ3n) is 4.46. The maximum Gasteiger partial charge on any atom is 0.335 e. The van der Waals surface area contributed by atoms with Crippen molar-refractivity contribution in [2.45, 2.75) is 38.6 Å². The van der Waals surface area contributed by atoms with Crippen LogP contribution >= 0.6 is 0 Å². The smallest absolute Gasteiger partial charge is 0.335 e. The number of ketones is 1. The Bertz CT molecular complexity index is 982. The zero-order valence-corrected chi connectivity index (χ0v) is 19.0. The van der Waals surface area contributed by atoms with Crippen LogP contribution in [0.25, 0.3) is 0 Å². The highest BCUT2D eigenvalue weighted by Gasteiger charge is 2.31. The standard InChI is InChI=1S/C15H12O5.C4H6O6.C4H10O/c16-9-3-1-8(2-4-9)13-7-12(19)15-11(18)5-10(17)6-14(15)20-13;5-1(3(7)8)2(6)4(9)10;1-3-5-4-2/h1-6,13,16-18H,7H2;1-2,5-6H,(H,7,8)(H,9,10);3-4H2,1-2H3/t13-;;/m0../s1. The molecule has 12 heteroatoms. The predicted molar refractivity (Wildman–Crippen MR) is 120 cm³/mol. The maximum absolute atomic E-state index is 12.1. The molecule has 1 aliphatic heterocycles. The number of ether oxygens (including phenoxy) is 2. The van der Waals surface area contributed by atoms with E-state index in [1.54, 1.807) is 12.1 Å². The normalized spacial score (nSPS) is 15.7. The minimum atomic E-state index is -2.27. The predicted octanol–water partition coefficient (Wildman–Crippen LogP) is 1.43.